The normalized spacial score (nSPS) is 28.1. The molecule has 0 bridgehead atoms. The molecule has 0 saturated carbocycles. The Bertz CT molecular complexity index is 488. The summed E-state index contributed by atoms with van der Waals surface area (Å²) in [6.07, 6.45) is -0.909. The van der Waals surface area contributed by atoms with Gasteiger partial charge < -0.3 is 15.5 Å². The van der Waals surface area contributed by atoms with Crippen molar-refractivity contribution in [1.29, 1.82) is 0 Å². The highest BCUT2D eigenvalue weighted by atomic mass is 32.2. The summed E-state index contributed by atoms with van der Waals surface area (Å²) in [5.41, 5.74) is 0.872. The largest absolute Gasteiger partial charge is 0.394 e. The van der Waals surface area contributed by atoms with E-state index in [-0.39, 0.29) is 24.2 Å². The summed E-state index contributed by atoms with van der Waals surface area (Å²) in [6.45, 7) is -0.146. The zero-order valence-electron chi connectivity index (χ0n) is 9.86. The molecule has 1 aliphatic heterocycles. The van der Waals surface area contributed by atoms with Crippen molar-refractivity contribution in [3.63, 3.8) is 0 Å². The third-order valence-corrected chi connectivity index (χ3v) is 4.84. The minimum atomic E-state index is -3.17. The quantitative estimate of drug-likeness (QED) is 0.685. The third kappa shape index (κ3) is 3.08. The Balaban J connectivity index is 2.08. The number of benzene rings is 1. The molecule has 1 saturated heterocycles. The maximum atomic E-state index is 11.4. The highest BCUT2D eigenvalue weighted by molar-refractivity contribution is 7.91. The molecule has 0 aromatic heterocycles. The first kappa shape index (κ1) is 13.5. The van der Waals surface area contributed by atoms with Gasteiger partial charge >= 0.3 is 0 Å². The summed E-state index contributed by atoms with van der Waals surface area (Å²) >= 11 is 0. The number of aliphatic hydroxyl groups excluding tert-OH is 2. The number of rotatable bonds is 4. The van der Waals surface area contributed by atoms with Gasteiger partial charge in [-0.25, -0.2) is 8.42 Å². The van der Waals surface area contributed by atoms with E-state index in [1.54, 1.807) is 0 Å². The molecule has 1 aromatic carbocycles. The van der Waals surface area contributed by atoms with Crippen LogP contribution in [0.5, 0.6) is 0 Å². The second-order valence-electron chi connectivity index (χ2n) is 4.56. The van der Waals surface area contributed by atoms with Gasteiger partial charge in [0.15, 0.2) is 9.84 Å². The first-order chi connectivity index (χ1) is 8.52. The van der Waals surface area contributed by atoms with Crippen LogP contribution >= 0.6 is 0 Å². The molecule has 0 amide bonds. The lowest BCUT2D eigenvalue weighted by molar-refractivity contribution is 0.146. The predicted molar refractivity (Wildman–Crippen MR) is 67.9 cm³/mol. The molecule has 2 rings (SSSR count). The van der Waals surface area contributed by atoms with Gasteiger partial charge in [0, 0.05) is 6.04 Å². The van der Waals surface area contributed by atoms with Crippen molar-refractivity contribution in [2.24, 2.45) is 0 Å². The van der Waals surface area contributed by atoms with E-state index in [0.717, 1.165) is 5.56 Å². The van der Waals surface area contributed by atoms with Gasteiger partial charge in [0.2, 0.25) is 0 Å². The minimum Gasteiger partial charge on any atom is -0.394 e. The first-order valence-electron chi connectivity index (χ1n) is 5.82. The van der Waals surface area contributed by atoms with Gasteiger partial charge in [-0.05, 0) is 5.56 Å². The highest BCUT2D eigenvalue weighted by Crippen LogP contribution is 2.18. The smallest absolute Gasteiger partial charge is 0.154 e. The summed E-state index contributed by atoms with van der Waals surface area (Å²) in [5.74, 6) is -0.297. The fourth-order valence-electron chi connectivity index (χ4n) is 2.19. The first-order valence-corrected chi connectivity index (χ1v) is 7.64. The molecule has 0 radical (unpaired) electrons. The van der Waals surface area contributed by atoms with Crippen LogP contribution in [0.1, 0.15) is 11.6 Å². The number of sulfone groups is 1. The Morgan fingerprint density at radius 3 is 2.44 bits per heavy atom. The maximum Gasteiger partial charge on any atom is 0.154 e. The molecule has 0 aliphatic carbocycles. The standard InChI is InChI=1S/C12H17NO4S/c14-6-10(9-4-2-1-3-5-9)13-11-7-18(16,17)8-12(11)15/h1-5,10-15H,6-8H2. The Labute approximate surface area is 106 Å². The van der Waals surface area contributed by atoms with Crippen LogP contribution in [0.4, 0.5) is 0 Å². The van der Waals surface area contributed by atoms with Gasteiger partial charge in [0.1, 0.15) is 0 Å². The predicted octanol–water partition coefficient (Wildman–Crippen LogP) is -0.532. The van der Waals surface area contributed by atoms with E-state index in [9.17, 15) is 18.6 Å². The fourth-order valence-corrected chi connectivity index (χ4v) is 3.94. The molecular weight excluding hydrogens is 254 g/mol. The van der Waals surface area contributed by atoms with E-state index in [2.05, 4.69) is 5.32 Å². The second kappa shape index (κ2) is 5.36. The lowest BCUT2D eigenvalue weighted by atomic mass is 10.1. The molecule has 3 atom stereocenters. The highest BCUT2D eigenvalue weighted by Gasteiger charge is 2.37. The fraction of sp³-hybridized carbons (Fsp3) is 0.500. The van der Waals surface area contributed by atoms with Crippen LogP contribution in [0.25, 0.3) is 0 Å². The average molecular weight is 271 g/mol. The molecule has 0 spiro atoms. The van der Waals surface area contributed by atoms with Crippen molar-refractivity contribution in [2.75, 3.05) is 18.1 Å². The molecule has 18 heavy (non-hydrogen) atoms. The molecular formula is C12H17NO4S. The topological polar surface area (TPSA) is 86.6 Å². The van der Waals surface area contributed by atoms with Crippen LogP contribution < -0.4 is 5.32 Å². The van der Waals surface area contributed by atoms with Crippen molar-refractivity contribution in [3.05, 3.63) is 35.9 Å². The zero-order valence-corrected chi connectivity index (χ0v) is 10.7. The third-order valence-electron chi connectivity index (χ3n) is 3.12. The molecule has 1 heterocycles. The minimum absolute atomic E-state index is 0.0858. The summed E-state index contributed by atoms with van der Waals surface area (Å²) in [5, 5.41) is 22.1. The van der Waals surface area contributed by atoms with Gasteiger partial charge in [-0.15, -0.1) is 0 Å². The zero-order chi connectivity index (χ0) is 13.2. The summed E-state index contributed by atoms with van der Waals surface area (Å²) < 4.78 is 22.8. The molecule has 1 fully saturated rings. The Kier molecular flexibility index (Phi) is 4.01. The second-order valence-corrected chi connectivity index (χ2v) is 6.72. The molecule has 1 aromatic rings. The maximum absolute atomic E-state index is 11.4. The molecule has 3 unspecified atom stereocenters. The molecule has 100 valence electrons. The summed E-state index contributed by atoms with van der Waals surface area (Å²) in [7, 11) is -3.17. The van der Waals surface area contributed by atoms with Crippen molar-refractivity contribution in [2.45, 2.75) is 18.2 Å². The number of nitrogens with one attached hydrogen (secondary N) is 1. The van der Waals surface area contributed by atoms with Crippen LogP contribution in [-0.2, 0) is 9.84 Å². The van der Waals surface area contributed by atoms with Crippen molar-refractivity contribution >= 4 is 9.84 Å². The summed E-state index contributed by atoms with van der Waals surface area (Å²) in [6, 6.07) is 8.38. The Morgan fingerprint density at radius 1 is 1.28 bits per heavy atom. The van der Waals surface area contributed by atoms with Gasteiger partial charge in [0.05, 0.1) is 30.3 Å². The van der Waals surface area contributed by atoms with Crippen LogP contribution in [0, 0.1) is 0 Å². The van der Waals surface area contributed by atoms with E-state index in [1.807, 2.05) is 30.3 Å². The van der Waals surface area contributed by atoms with Gasteiger partial charge in [-0.1, -0.05) is 30.3 Å². The van der Waals surface area contributed by atoms with Crippen LogP contribution in [0.3, 0.4) is 0 Å². The van der Waals surface area contributed by atoms with E-state index in [0.29, 0.717) is 0 Å². The molecule has 1 aliphatic rings. The lowest BCUT2D eigenvalue weighted by Crippen LogP contribution is -2.42. The Hall–Kier alpha value is -0.950. The monoisotopic (exact) mass is 271 g/mol. The van der Waals surface area contributed by atoms with Gasteiger partial charge in [0.25, 0.3) is 0 Å². The summed E-state index contributed by atoms with van der Waals surface area (Å²) in [4.78, 5) is 0. The van der Waals surface area contributed by atoms with Crippen molar-refractivity contribution in [3.8, 4) is 0 Å². The van der Waals surface area contributed by atoms with Crippen molar-refractivity contribution < 1.29 is 18.6 Å². The Morgan fingerprint density at radius 2 is 1.94 bits per heavy atom. The van der Waals surface area contributed by atoms with Crippen LogP contribution in [-0.4, -0.2) is 48.9 Å². The van der Waals surface area contributed by atoms with E-state index >= 15 is 0 Å². The lowest BCUT2D eigenvalue weighted by Gasteiger charge is -2.22. The van der Waals surface area contributed by atoms with Crippen LogP contribution in [0.2, 0.25) is 0 Å². The SMILES string of the molecule is O=S1(=O)CC(O)C(NC(CO)c2ccccc2)C1. The molecule has 3 N–H and O–H groups in total. The van der Waals surface area contributed by atoms with Crippen molar-refractivity contribution in [1.82, 2.24) is 5.32 Å². The van der Waals surface area contributed by atoms with Gasteiger partial charge in [-0.3, -0.25) is 0 Å². The van der Waals surface area contributed by atoms with E-state index in [4.69, 9.17) is 0 Å². The number of aliphatic hydroxyl groups is 2. The van der Waals surface area contributed by atoms with Crippen LogP contribution in [0.15, 0.2) is 30.3 Å². The van der Waals surface area contributed by atoms with E-state index in [1.165, 1.54) is 0 Å². The average Bonchev–Trinajstić information content (AvgIpc) is 2.60. The van der Waals surface area contributed by atoms with Gasteiger partial charge in [-0.2, -0.15) is 0 Å². The van der Waals surface area contributed by atoms with E-state index < -0.39 is 22.0 Å². The number of hydrogen-bond donors (Lipinski definition) is 3. The number of hydrogen-bond acceptors (Lipinski definition) is 5. The molecule has 6 heteroatoms. The molecule has 5 nitrogen and oxygen atoms in total.